The lowest BCUT2D eigenvalue weighted by Gasteiger charge is -2.38. The molecule has 1 spiro atoms. The normalized spacial score (nSPS) is 18.4. The molecule has 8 heteroatoms. The Balaban J connectivity index is 0.000000222. The summed E-state index contributed by atoms with van der Waals surface area (Å²) in [6.45, 7) is 9.83. The molecule has 2 aromatic rings. The largest absolute Gasteiger partial charge is 0.325 e. The molecule has 6 nitrogen and oxygen atoms in total. The molecule has 1 amide bonds. The number of carbonyl (C=O) groups is 1. The van der Waals surface area contributed by atoms with Gasteiger partial charge in [-0.2, -0.15) is 5.26 Å². The molecule has 202 valence electrons. The molecule has 0 saturated carbocycles. The van der Waals surface area contributed by atoms with Crippen LogP contribution in [0.2, 0.25) is 0 Å². The molecular formula is C30H36FN3O3S. The topological polar surface area (TPSA) is 90.3 Å². The lowest BCUT2D eigenvalue weighted by Crippen LogP contribution is -2.46. The van der Waals surface area contributed by atoms with Gasteiger partial charge in [0.05, 0.1) is 22.3 Å². The second kappa shape index (κ2) is 10.8. The van der Waals surface area contributed by atoms with E-state index in [1.165, 1.54) is 31.9 Å². The van der Waals surface area contributed by atoms with Gasteiger partial charge in [-0.1, -0.05) is 30.4 Å². The number of nitriles is 1. The van der Waals surface area contributed by atoms with Crippen molar-refractivity contribution in [2.45, 2.75) is 50.2 Å². The maximum Gasteiger partial charge on any atom is 0.235 e. The highest BCUT2D eigenvalue weighted by Crippen LogP contribution is 2.45. The first-order chi connectivity index (χ1) is 18.0. The molecule has 1 fully saturated rings. The lowest BCUT2D eigenvalue weighted by molar-refractivity contribution is -0.122. The fourth-order valence-electron chi connectivity index (χ4n) is 5.31. The summed E-state index contributed by atoms with van der Waals surface area (Å²) in [6.07, 6.45) is 8.94. The van der Waals surface area contributed by atoms with Crippen molar-refractivity contribution in [1.29, 1.82) is 5.26 Å². The highest BCUT2D eigenvalue weighted by atomic mass is 32.2. The van der Waals surface area contributed by atoms with Crippen LogP contribution in [0, 0.1) is 24.1 Å². The Labute approximate surface area is 226 Å². The molecule has 1 saturated heterocycles. The Morgan fingerprint density at radius 3 is 2.55 bits per heavy atom. The third-order valence-electron chi connectivity index (χ3n) is 7.87. The van der Waals surface area contributed by atoms with Gasteiger partial charge in [0.15, 0.2) is 9.84 Å². The minimum absolute atomic E-state index is 0. The van der Waals surface area contributed by atoms with Gasteiger partial charge >= 0.3 is 0 Å². The predicted molar refractivity (Wildman–Crippen MR) is 151 cm³/mol. The number of aryl methyl sites for hydroxylation is 1. The molecule has 2 aliphatic heterocycles. The van der Waals surface area contributed by atoms with Crippen LogP contribution < -0.4 is 5.32 Å². The predicted octanol–water partition coefficient (Wildman–Crippen LogP) is 5.69. The molecule has 1 N–H and O–H groups in total. The van der Waals surface area contributed by atoms with Gasteiger partial charge < -0.3 is 10.2 Å². The van der Waals surface area contributed by atoms with Gasteiger partial charge in [-0.3, -0.25) is 4.79 Å². The summed E-state index contributed by atoms with van der Waals surface area (Å²) in [7, 11) is -3.31. The zero-order valence-electron chi connectivity index (χ0n) is 22.2. The number of piperidine rings is 1. The molecule has 38 heavy (non-hydrogen) atoms. The number of hydrogen-bond acceptors (Lipinski definition) is 5. The summed E-state index contributed by atoms with van der Waals surface area (Å²) in [5.74, 6) is -0.380. The van der Waals surface area contributed by atoms with Crippen LogP contribution in [0.5, 0.6) is 0 Å². The van der Waals surface area contributed by atoms with Crippen LogP contribution >= 0.6 is 0 Å². The fraction of sp³-hybridized carbons (Fsp3) is 0.400. The second-order valence-corrected chi connectivity index (χ2v) is 12.9. The van der Waals surface area contributed by atoms with E-state index in [4.69, 9.17) is 5.26 Å². The first-order valence-electron chi connectivity index (χ1n) is 12.9. The van der Waals surface area contributed by atoms with Crippen LogP contribution in [0.1, 0.15) is 67.1 Å². The Kier molecular flexibility index (Phi) is 7.91. The van der Waals surface area contributed by atoms with Crippen LogP contribution in [0.25, 0.3) is 6.08 Å². The number of sulfone groups is 1. The Hall–Kier alpha value is -3.28. The number of carbonyl (C=O) groups excluding carboxylic acids is 1. The summed E-state index contributed by atoms with van der Waals surface area (Å²) in [6, 6.07) is 10.8. The van der Waals surface area contributed by atoms with Crippen molar-refractivity contribution in [3.05, 3.63) is 82.2 Å². The second-order valence-electron chi connectivity index (χ2n) is 10.5. The molecule has 0 radical (unpaired) electrons. The van der Waals surface area contributed by atoms with E-state index < -0.39 is 26.3 Å². The van der Waals surface area contributed by atoms with E-state index in [-0.39, 0.29) is 12.9 Å². The summed E-state index contributed by atoms with van der Waals surface area (Å²) >= 11 is 0. The number of nitrogens with zero attached hydrogens (tertiary/aromatic N) is 2. The minimum Gasteiger partial charge on any atom is -0.325 e. The molecule has 0 aromatic heterocycles. The van der Waals surface area contributed by atoms with E-state index in [1.807, 2.05) is 12.1 Å². The van der Waals surface area contributed by atoms with Crippen molar-refractivity contribution >= 4 is 27.5 Å². The molecule has 2 aromatic carbocycles. The van der Waals surface area contributed by atoms with Crippen LogP contribution in [-0.4, -0.2) is 45.1 Å². The van der Waals surface area contributed by atoms with Crippen molar-refractivity contribution in [1.82, 2.24) is 4.90 Å². The van der Waals surface area contributed by atoms with Gasteiger partial charge in [0.2, 0.25) is 5.91 Å². The summed E-state index contributed by atoms with van der Waals surface area (Å²) in [5.41, 5.74) is 5.19. The number of amides is 1. The molecular weight excluding hydrogens is 501 g/mol. The Morgan fingerprint density at radius 2 is 1.97 bits per heavy atom. The van der Waals surface area contributed by atoms with Gasteiger partial charge in [0.25, 0.3) is 0 Å². The summed E-state index contributed by atoms with van der Waals surface area (Å²) < 4.78 is 36.6. The SMILES string of the molecule is C=Cc1cc(C)cc(F)c1C(C)S(C)(=O)=O.N#Cc1ccc2c(c1)C1(CCN(CCC3=CC3)CC1)C(=O)N2.[HH]. The van der Waals surface area contributed by atoms with E-state index in [2.05, 4.69) is 28.9 Å². The molecule has 5 rings (SSSR count). The standard InChI is InChI=1S/C18H19N3O.C12H15FO2S.H2/c19-12-14-3-4-16-15(11-14)18(17(22)20-16)6-9-21(10-7-18)8-5-13-1-2-13;1-5-10-6-8(2)7-11(13)12(10)9(3)16(4,14)15;/h1,3-4,11H,2,5-10H2,(H,20,22);5-7,9H,1H2,2-4H3;1H. The molecule has 1 unspecified atom stereocenters. The number of anilines is 1. The minimum atomic E-state index is -3.31. The maximum absolute atomic E-state index is 13.8. The monoisotopic (exact) mass is 537 g/mol. The summed E-state index contributed by atoms with van der Waals surface area (Å²) in [4.78, 5) is 15.0. The average Bonchev–Trinajstić information content (AvgIpc) is 3.67. The van der Waals surface area contributed by atoms with Crippen molar-refractivity contribution in [3.8, 4) is 6.07 Å². The quantitative estimate of drug-likeness (QED) is 0.478. The number of hydrogen-bond donors (Lipinski definition) is 1. The lowest BCUT2D eigenvalue weighted by atomic mass is 9.73. The van der Waals surface area contributed by atoms with Crippen molar-refractivity contribution in [2.75, 3.05) is 31.2 Å². The first kappa shape index (κ1) is 27.7. The van der Waals surface area contributed by atoms with E-state index >= 15 is 0 Å². The summed E-state index contributed by atoms with van der Waals surface area (Å²) in [5, 5.41) is 11.3. The van der Waals surface area contributed by atoms with Crippen LogP contribution in [0.3, 0.4) is 0 Å². The van der Waals surface area contributed by atoms with Crippen LogP contribution in [-0.2, 0) is 20.0 Å². The first-order valence-corrected chi connectivity index (χ1v) is 14.8. The average molecular weight is 538 g/mol. The Bertz CT molecular complexity index is 1450. The van der Waals surface area contributed by atoms with E-state index in [0.29, 0.717) is 11.1 Å². The zero-order chi connectivity index (χ0) is 27.7. The van der Waals surface area contributed by atoms with Crippen molar-refractivity contribution < 1.29 is 19.0 Å². The number of benzene rings is 2. The van der Waals surface area contributed by atoms with Crippen LogP contribution in [0.4, 0.5) is 10.1 Å². The third-order valence-corrected chi connectivity index (χ3v) is 9.39. The Morgan fingerprint density at radius 1 is 1.29 bits per heavy atom. The molecule has 3 aliphatic rings. The van der Waals surface area contributed by atoms with Gasteiger partial charge in [-0.15, -0.1) is 0 Å². The van der Waals surface area contributed by atoms with E-state index in [0.717, 1.165) is 55.5 Å². The highest BCUT2D eigenvalue weighted by Gasteiger charge is 2.48. The molecule has 0 bridgehead atoms. The van der Waals surface area contributed by atoms with E-state index in [1.54, 1.807) is 24.6 Å². The highest BCUT2D eigenvalue weighted by molar-refractivity contribution is 7.90. The number of allylic oxidation sites excluding steroid dienone is 1. The number of likely N-dealkylation sites (tertiary alicyclic amines) is 1. The fourth-order valence-corrected chi connectivity index (χ4v) is 5.98. The van der Waals surface area contributed by atoms with Gasteiger partial charge in [-0.05, 0) is 93.6 Å². The number of halogens is 1. The smallest absolute Gasteiger partial charge is 0.235 e. The van der Waals surface area contributed by atoms with Crippen LogP contribution in [0.15, 0.2) is 48.6 Å². The number of rotatable bonds is 6. The van der Waals surface area contributed by atoms with Crippen molar-refractivity contribution in [3.63, 3.8) is 0 Å². The van der Waals surface area contributed by atoms with Crippen molar-refractivity contribution in [2.24, 2.45) is 0 Å². The zero-order valence-corrected chi connectivity index (χ0v) is 23.0. The number of fused-ring (bicyclic) bond motifs is 2. The third kappa shape index (κ3) is 5.74. The van der Waals surface area contributed by atoms with E-state index in [9.17, 15) is 17.6 Å². The molecule has 1 atom stereocenters. The number of nitrogens with one attached hydrogen (secondary N) is 1. The molecule has 2 heterocycles. The van der Waals surface area contributed by atoms with Gasteiger partial charge in [0, 0.05) is 25.5 Å². The molecule has 1 aliphatic carbocycles. The van der Waals surface area contributed by atoms with Gasteiger partial charge in [0.1, 0.15) is 5.82 Å². The van der Waals surface area contributed by atoms with Gasteiger partial charge in [-0.25, -0.2) is 12.8 Å². The maximum atomic E-state index is 13.8.